The van der Waals surface area contributed by atoms with E-state index in [1.165, 1.54) is 0 Å². The second-order valence-electron chi connectivity index (χ2n) is 10.5. The molecule has 2 rings (SSSR count). The largest absolute Gasteiger partial charge is 0.376 e. The van der Waals surface area contributed by atoms with E-state index >= 15 is 0 Å². The molecule has 0 aliphatic heterocycles. The van der Waals surface area contributed by atoms with Crippen molar-refractivity contribution >= 4 is 28.5 Å². The zero-order valence-electron chi connectivity index (χ0n) is 22.0. The topological polar surface area (TPSA) is 96.5 Å². The second kappa shape index (κ2) is 12.7. The summed E-state index contributed by atoms with van der Waals surface area (Å²) in [5.41, 5.74) is -0.207. The Hall–Kier alpha value is -2.93. The lowest BCUT2D eigenvalue weighted by Crippen LogP contribution is -2.45. The molecule has 0 saturated carbocycles. The van der Waals surface area contributed by atoms with Crippen molar-refractivity contribution in [3.05, 3.63) is 48.0 Å². The number of hydrogen-bond donors (Lipinski definition) is 3. The second-order valence-corrected chi connectivity index (χ2v) is 10.5. The number of ether oxygens (including phenoxy) is 1. The highest BCUT2D eigenvalue weighted by Crippen LogP contribution is 2.22. The minimum atomic E-state index is -0.645. The summed E-state index contributed by atoms with van der Waals surface area (Å²) >= 11 is 0. The van der Waals surface area contributed by atoms with Crippen LogP contribution in [0.5, 0.6) is 0 Å². The number of nitrogens with one attached hydrogen (secondary N) is 3. The van der Waals surface area contributed by atoms with Crippen molar-refractivity contribution in [2.45, 2.75) is 71.9 Å². The Morgan fingerprint density at radius 3 is 2.31 bits per heavy atom. The zero-order chi connectivity index (χ0) is 26.1. The first-order valence-electron chi connectivity index (χ1n) is 12.4. The Balaban J connectivity index is 1.84. The molecule has 35 heavy (non-hydrogen) atoms. The van der Waals surface area contributed by atoms with Crippen LogP contribution in [0.1, 0.15) is 70.7 Å². The molecular formula is C28H41N3O4. The molecular weight excluding hydrogens is 442 g/mol. The van der Waals surface area contributed by atoms with E-state index in [0.29, 0.717) is 44.4 Å². The Bertz CT molecular complexity index is 1010. The highest BCUT2D eigenvalue weighted by Gasteiger charge is 2.28. The van der Waals surface area contributed by atoms with Crippen LogP contribution in [0.3, 0.4) is 0 Å². The van der Waals surface area contributed by atoms with Gasteiger partial charge in [-0.25, -0.2) is 0 Å². The van der Waals surface area contributed by atoms with E-state index in [-0.39, 0.29) is 23.3 Å². The Labute approximate surface area is 209 Å². The van der Waals surface area contributed by atoms with Crippen molar-refractivity contribution in [3.8, 4) is 0 Å². The molecule has 7 nitrogen and oxygen atoms in total. The number of carbonyl (C=O) groups excluding carboxylic acids is 3. The minimum Gasteiger partial charge on any atom is -0.376 e. The average Bonchev–Trinajstić information content (AvgIpc) is 2.80. The molecule has 0 bridgehead atoms. The van der Waals surface area contributed by atoms with Crippen molar-refractivity contribution in [1.82, 2.24) is 16.0 Å². The number of likely N-dealkylation sites (N-methyl/N-ethyl adjacent to an activating group) is 1. The summed E-state index contributed by atoms with van der Waals surface area (Å²) in [6.07, 6.45) is 2.50. The first-order valence-corrected chi connectivity index (χ1v) is 12.4. The summed E-state index contributed by atoms with van der Waals surface area (Å²) < 4.78 is 5.75. The van der Waals surface area contributed by atoms with Crippen LogP contribution in [0.2, 0.25) is 0 Å². The number of rotatable bonds is 12. The normalized spacial score (nSPS) is 12.7. The fourth-order valence-corrected chi connectivity index (χ4v) is 3.74. The lowest BCUT2D eigenvalue weighted by atomic mass is 9.88. The maximum Gasteiger partial charge on any atom is 0.252 e. The molecule has 0 aromatic heterocycles. The molecule has 0 aliphatic carbocycles. The first-order chi connectivity index (χ1) is 16.4. The summed E-state index contributed by atoms with van der Waals surface area (Å²) in [5, 5.41) is 10.3. The summed E-state index contributed by atoms with van der Waals surface area (Å²) in [6, 6.07) is 12.6. The van der Waals surface area contributed by atoms with Crippen LogP contribution in [-0.2, 0) is 14.3 Å². The van der Waals surface area contributed by atoms with E-state index < -0.39 is 11.5 Å². The van der Waals surface area contributed by atoms with Gasteiger partial charge in [0, 0.05) is 31.2 Å². The summed E-state index contributed by atoms with van der Waals surface area (Å²) in [7, 11) is 1.56. The maximum atomic E-state index is 13.0. The molecule has 0 heterocycles. The molecule has 0 radical (unpaired) electrons. The molecule has 2 aromatic carbocycles. The number of fused-ring (bicyclic) bond motifs is 1. The highest BCUT2D eigenvalue weighted by molar-refractivity contribution is 6.08. The Morgan fingerprint density at radius 1 is 0.943 bits per heavy atom. The molecule has 0 spiro atoms. The minimum absolute atomic E-state index is 0.0119. The predicted molar refractivity (Wildman–Crippen MR) is 140 cm³/mol. The highest BCUT2D eigenvalue weighted by atomic mass is 16.5. The van der Waals surface area contributed by atoms with Crippen molar-refractivity contribution in [2.24, 2.45) is 5.41 Å². The molecule has 192 valence electrons. The van der Waals surface area contributed by atoms with Gasteiger partial charge < -0.3 is 20.7 Å². The van der Waals surface area contributed by atoms with E-state index in [9.17, 15) is 14.4 Å². The van der Waals surface area contributed by atoms with Gasteiger partial charge in [-0.3, -0.25) is 14.4 Å². The molecule has 1 atom stereocenters. The Morgan fingerprint density at radius 2 is 1.63 bits per heavy atom. The first kappa shape index (κ1) is 28.3. The van der Waals surface area contributed by atoms with Crippen LogP contribution in [0, 0.1) is 5.41 Å². The smallest absolute Gasteiger partial charge is 0.252 e. The molecule has 7 heteroatoms. The van der Waals surface area contributed by atoms with Crippen LogP contribution in [0.15, 0.2) is 42.5 Å². The number of hydrogen-bond acceptors (Lipinski definition) is 4. The van der Waals surface area contributed by atoms with Crippen LogP contribution >= 0.6 is 0 Å². The molecule has 2 aromatic rings. The fourth-order valence-electron chi connectivity index (χ4n) is 3.74. The van der Waals surface area contributed by atoms with Crippen molar-refractivity contribution in [1.29, 1.82) is 0 Å². The summed E-state index contributed by atoms with van der Waals surface area (Å²) in [4.78, 5) is 38.0. The van der Waals surface area contributed by atoms with Crippen LogP contribution in [0.25, 0.3) is 10.8 Å². The van der Waals surface area contributed by atoms with Crippen LogP contribution in [-0.4, -0.2) is 49.6 Å². The Kier molecular flexibility index (Phi) is 10.3. The van der Waals surface area contributed by atoms with Gasteiger partial charge in [0.25, 0.3) is 5.91 Å². The molecule has 0 aliphatic rings. The monoisotopic (exact) mass is 483 g/mol. The van der Waals surface area contributed by atoms with Gasteiger partial charge in [-0.15, -0.1) is 0 Å². The van der Waals surface area contributed by atoms with E-state index in [2.05, 4.69) is 16.0 Å². The van der Waals surface area contributed by atoms with Gasteiger partial charge in [0.15, 0.2) is 0 Å². The number of unbranched alkanes of at least 4 members (excludes halogenated alkanes) is 1. The van der Waals surface area contributed by atoms with Gasteiger partial charge in [-0.2, -0.15) is 0 Å². The molecule has 1 unspecified atom stereocenters. The van der Waals surface area contributed by atoms with Crippen molar-refractivity contribution in [2.75, 3.05) is 20.2 Å². The maximum absolute atomic E-state index is 13.0. The third kappa shape index (κ3) is 8.98. The zero-order valence-corrected chi connectivity index (χ0v) is 22.0. The third-order valence-electron chi connectivity index (χ3n) is 5.98. The number of benzene rings is 2. The van der Waals surface area contributed by atoms with E-state index in [4.69, 9.17) is 4.74 Å². The van der Waals surface area contributed by atoms with Gasteiger partial charge in [-0.05, 0) is 63.3 Å². The number of carbonyl (C=O) groups is 3. The quantitative estimate of drug-likeness (QED) is 0.394. The lowest BCUT2D eigenvalue weighted by molar-refractivity contribution is -0.131. The van der Waals surface area contributed by atoms with E-state index in [0.717, 1.165) is 10.8 Å². The van der Waals surface area contributed by atoms with Gasteiger partial charge in [0.2, 0.25) is 11.8 Å². The molecule has 3 amide bonds. The van der Waals surface area contributed by atoms with Crippen molar-refractivity contribution in [3.63, 3.8) is 0 Å². The molecule has 3 N–H and O–H groups in total. The van der Waals surface area contributed by atoms with Gasteiger partial charge in [0.05, 0.1) is 5.60 Å². The summed E-state index contributed by atoms with van der Waals surface area (Å²) in [6.45, 7) is 10.9. The fraction of sp³-hybridized carbons (Fsp3) is 0.536. The van der Waals surface area contributed by atoms with Crippen LogP contribution in [0.4, 0.5) is 0 Å². The lowest BCUT2D eigenvalue weighted by Gasteiger charge is -2.26. The predicted octanol–water partition coefficient (Wildman–Crippen LogP) is 4.20. The number of amides is 3. The molecule has 0 fully saturated rings. The SMILES string of the molecule is CNC(=O)C(CCCCNC(=O)C(C)(C)CCOC(C)(C)C)NC(=O)c1cccc2ccccc12. The van der Waals surface area contributed by atoms with E-state index in [1.807, 2.05) is 71.0 Å². The summed E-state index contributed by atoms with van der Waals surface area (Å²) in [5.74, 6) is -0.521. The van der Waals surface area contributed by atoms with Gasteiger partial charge >= 0.3 is 0 Å². The van der Waals surface area contributed by atoms with Gasteiger partial charge in [0.1, 0.15) is 6.04 Å². The molecule has 0 saturated heterocycles. The van der Waals surface area contributed by atoms with Gasteiger partial charge in [-0.1, -0.05) is 50.2 Å². The standard InChI is InChI=1S/C28H41N3O4/c1-27(2,3)35-19-17-28(4,5)26(34)30-18-10-9-16-23(25(33)29-6)31-24(32)22-15-11-13-20-12-7-8-14-21(20)22/h7-8,11-15,23H,9-10,16-19H2,1-6H3,(H,29,33)(H,30,34)(H,31,32). The van der Waals surface area contributed by atoms with Crippen molar-refractivity contribution < 1.29 is 19.1 Å². The van der Waals surface area contributed by atoms with Crippen LogP contribution < -0.4 is 16.0 Å². The third-order valence-corrected chi connectivity index (χ3v) is 5.98. The van der Waals surface area contributed by atoms with E-state index in [1.54, 1.807) is 13.1 Å². The average molecular weight is 484 g/mol.